The monoisotopic (exact) mass is 576 g/mol. The highest BCUT2D eigenvalue weighted by molar-refractivity contribution is 14.0. The van der Waals surface area contributed by atoms with Gasteiger partial charge in [0.05, 0.1) is 6.04 Å². The Morgan fingerprint density at radius 2 is 1.62 bits per heavy atom. The van der Waals surface area contributed by atoms with Gasteiger partial charge in [-0.3, -0.25) is 9.89 Å². The summed E-state index contributed by atoms with van der Waals surface area (Å²) < 4.78 is 0. The molecule has 0 aliphatic carbocycles. The molecule has 0 aromatic heterocycles. The fourth-order valence-electron chi connectivity index (χ4n) is 4.66. The van der Waals surface area contributed by atoms with Crippen molar-refractivity contribution in [3.05, 3.63) is 65.2 Å². The molecule has 0 saturated carbocycles. The standard InChI is InChI=1S/C27H40N6.HI/c1-22(25-7-6-8-26(19-25)33-13-4-5-14-33)30-27(28-2)29-20-23-9-11-24(12-10-23)21-32-17-15-31(3)16-18-32;/h6-12,19,22H,4-5,13-18,20-21H2,1-3H3,(H2,28,29,30);1H. The molecule has 0 spiro atoms. The second-order valence-corrected chi connectivity index (χ2v) is 9.48. The van der Waals surface area contributed by atoms with Gasteiger partial charge < -0.3 is 20.4 Å². The van der Waals surface area contributed by atoms with Crippen LogP contribution in [0, 0.1) is 0 Å². The van der Waals surface area contributed by atoms with Gasteiger partial charge in [0.25, 0.3) is 0 Å². The van der Waals surface area contributed by atoms with Crippen LogP contribution in [0.25, 0.3) is 0 Å². The zero-order chi connectivity index (χ0) is 23.0. The first-order valence-corrected chi connectivity index (χ1v) is 12.4. The molecule has 2 saturated heterocycles. The lowest BCUT2D eigenvalue weighted by atomic mass is 10.1. The van der Waals surface area contributed by atoms with Crippen molar-refractivity contribution in [3.8, 4) is 0 Å². The van der Waals surface area contributed by atoms with Crippen LogP contribution in [0.15, 0.2) is 53.5 Å². The van der Waals surface area contributed by atoms with Crippen LogP contribution in [-0.4, -0.2) is 69.1 Å². The molecular weight excluding hydrogens is 535 g/mol. The number of anilines is 1. The number of nitrogens with one attached hydrogen (secondary N) is 2. The topological polar surface area (TPSA) is 46.1 Å². The van der Waals surface area contributed by atoms with E-state index in [1.54, 1.807) is 0 Å². The van der Waals surface area contributed by atoms with E-state index in [0.717, 1.165) is 45.2 Å². The summed E-state index contributed by atoms with van der Waals surface area (Å²) in [5.41, 5.74) is 5.27. The molecule has 34 heavy (non-hydrogen) atoms. The first-order chi connectivity index (χ1) is 16.1. The first-order valence-electron chi connectivity index (χ1n) is 12.4. The summed E-state index contributed by atoms with van der Waals surface area (Å²) in [5, 5.41) is 7.02. The number of hydrogen-bond acceptors (Lipinski definition) is 4. The molecule has 2 N–H and O–H groups in total. The molecule has 6 nitrogen and oxygen atoms in total. The second kappa shape index (κ2) is 13.3. The predicted molar refractivity (Wildman–Crippen MR) is 154 cm³/mol. The van der Waals surface area contributed by atoms with Crippen molar-refractivity contribution in [2.45, 2.75) is 38.9 Å². The van der Waals surface area contributed by atoms with E-state index in [9.17, 15) is 0 Å². The van der Waals surface area contributed by atoms with E-state index in [1.165, 1.54) is 48.3 Å². The average molecular weight is 577 g/mol. The molecule has 2 aliphatic rings. The molecule has 2 heterocycles. The van der Waals surface area contributed by atoms with Crippen LogP contribution in [0.1, 0.15) is 42.5 Å². The molecule has 7 heteroatoms. The van der Waals surface area contributed by atoms with Gasteiger partial charge in [0, 0.05) is 65.1 Å². The summed E-state index contributed by atoms with van der Waals surface area (Å²) >= 11 is 0. The van der Waals surface area contributed by atoms with Gasteiger partial charge in [0.1, 0.15) is 0 Å². The zero-order valence-electron chi connectivity index (χ0n) is 21.0. The van der Waals surface area contributed by atoms with Gasteiger partial charge in [-0.25, -0.2) is 0 Å². The van der Waals surface area contributed by atoms with Crippen molar-refractivity contribution in [3.63, 3.8) is 0 Å². The maximum atomic E-state index is 4.44. The highest BCUT2D eigenvalue weighted by atomic mass is 127. The quantitative estimate of drug-likeness (QED) is 0.296. The van der Waals surface area contributed by atoms with Crippen molar-refractivity contribution >= 4 is 35.6 Å². The molecule has 0 bridgehead atoms. The summed E-state index contributed by atoms with van der Waals surface area (Å²) in [7, 11) is 4.04. The van der Waals surface area contributed by atoms with Gasteiger partial charge in [-0.05, 0) is 55.6 Å². The summed E-state index contributed by atoms with van der Waals surface area (Å²) in [6.07, 6.45) is 2.59. The van der Waals surface area contributed by atoms with Gasteiger partial charge in [-0.15, -0.1) is 24.0 Å². The van der Waals surface area contributed by atoms with E-state index >= 15 is 0 Å². The molecule has 2 aliphatic heterocycles. The third-order valence-corrected chi connectivity index (χ3v) is 6.90. The number of halogens is 1. The smallest absolute Gasteiger partial charge is 0.191 e. The minimum Gasteiger partial charge on any atom is -0.372 e. The van der Waals surface area contributed by atoms with Crippen molar-refractivity contribution in [1.82, 2.24) is 20.4 Å². The number of nitrogens with zero attached hydrogens (tertiary/aromatic N) is 4. The van der Waals surface area contributed by atoms with Crippen LogP contribution in [-0.2, 0) is 13.1 Å². The van der Waals surface area contributed by atoms with E-state index < -0.39 is 0 Å². The van der Waals surface area contributed by atoms with Gasteiger partial charge >= 0.3 is 0 Å². The lowest BCUT2D eigenvalue weighted by Gasteiger charge is -2.32. The average Bonchev–Trinajstić information content (AvgIpc) is 3.39. The Morgan fingerprint density at radius 1 is 0.941 bits per heavy atom. The highest BCUT2D eigenvalue weighted by Gasteiger charge is 2.15. The van der Waals surface area contributed by atoms with E-state index in [0.29, 0.717) is 0 Å². The number of likely N-dealkylation sites (N-methyl/N-ethyl adjacent to an activating group) is 1. The Kier molecular flexibility index (Phi) is 10.5. The Labute approximate surface area is 222 Å². The summed E-state index contributed by atoms with van der Waals surface area (Å²) in [4.78, 5) is 11.9. The van der Waals surface area contributed by atoms with E-state index in [1.807, 2.05) is 7.05 Å². The van der Waals surface area contributed by atoms with Crippen molar-refractivity contribution in [2.75, 3.05) is 58.3 Å². The second-order valence-electron chi connectivity index (χ2n) is 9.48. The minimum atomic E-state index is 0. The van der Waals surface area contributed by atoms with Crippen LogP contribution in [0.3, 0.4) is 0 Å². The number of hydrogen-bond donors (Lipinski definition) is 2. The molecule has 2 fully saturated rings. The molecule has 2 aromatic rings. The van der Waals surface area contributed by atoms with Gasteiger partial charge in [0.15, 0.2) is 5.96 Å². The zero-order valence-corrected chi connectivity index (χ0v) is 23.3. The summed E-state index contributed by atoms with van der Waals surface area (Å²) in [6, 6.07) is 18.1. The molecule has 186 valence electrons. The highest BCUT2D eigenvalue weighted by Crippen LogP contribution is 2.24. The molecule has 0 radical (unpaired) electrons. The number of rotatable bonds is 7. The molecular formula is C27H41IN6. The summed E-state index contributed by atoms with van der Waals surface area (Å²) in [6.45, 7) is 11.0. The van der Waals surface area contributed by atoms with Gasteiger partial charge in [-0.2, -0.15) is 0 Å². The van der Waals surface area contributed by atoms with Gasteiger partial charge in [-0.1, -0.05) is 36.4 Å². The van der Waals surface area contributed by atoms with Gasteiger partial charge in [0.2, 0.25) is 0 Å². The van der Waals surface area contributed by atoms with Crippen molar-refractivity contribution < 1.29 is 0 Å². The number of guanidine groups is 1. The van der Waals surface area contributed by atoms with Crippen LogP contribution >= 0.6 is 24.0 Å². The SMILES string of the molecule is CN=C(NCc1ccc(CN2CCN(C)CC2)cc1)NC(C)c1cccc(N2CCCC2)c1.I. The molecule has 2 aromatic carbocycles. The van der Waals surface area contributed by atoms with E-state index in [2.05, 4.69) is 92.8 Å². The fourth-order valence-corrected chi connectivity index (χ4v) is 4.66. The third-order valence-electron chi connectivity index (χ3n) is 6.90. The Hall–Kier alpha value is -1.84. The molecule has 1 atom stereocenters. The predicted octanol–water partition coefficient (Wildman–Crippen LogP) is 4.08. The lowest BCUT2D eigenvalue weighted by Crippen LogP contribution is -2.43. The number of aliphatic imine (C=N–C) groups is 1. The fraction of sp³-hybridized carbons (Fsp3) is 0.519. The molecule has 1 unspecified atom stereocenters. The normalized spacial score (nSPS) is 18.4. The molecule has 0 amide bonds. The van der Waals surface area contributed by atoms with Crippen molar-refractivity contribution in [1.29, 1.82) is 0 Å². The van der Waals surface area contributed by atoms with Crippen LogP contribution in [0.5, 0.6) is 0 Å². The first kappa shape index (κ1) is 26.8. The number of piperazine rings is 1. The molecule has 4 rings (SSSR count). The Bertz CT molecular complexity index is 902. The minimum absolute atomic E-state index is 0. The van der Waals surface area contributed by atoms with E-state index in [4.69, 9.17) is 0 Å². The Balaban J connectivity index is 0.00000324. The largest absolute Gasteiger partial charge is 0.372 e. The maximum absolute atomic E-state index is 4.44. The van der Waals surface area contributed by atoms with E-state index in [-0.39, 0.29) is 30.0 Å². The lowest BCUT2D eigenvalue weighted by molar-refractivity contribution is 0.148. The van der Waals surface area contributed by atoms with Crippen LogP contribution < -0.4 is 15.5 Å². The van der Waals surface area contributed by atoms with Crippen LogP contribution in [0.4, 0.5) is 5.69 Å². The van der Waals surface area contributed by atoms with Crippen LogP contribution in [0.2, 0.25) is 0 Å². The number of benzene rings is 2. The Morgan fingerprint density at radius 3 is 2.29 bits per heavy atom. The third kappa shape index (κ3) is 7.58. The summed E-state index contributed by atoms with van der Waals surface area (Å²) in [5.74, 6) is 0.829. The van der Waals surface area contributed by atoms with Crippen molar-refractivity contribution in [2.24, 2.45) is 4.99 Å². The maximum Gasteiger partial charge on any atom is 0.191 e.